The first-order valence-electron chi connectivity index (χ1n) is 9.83. The van der Waals surface area contributed by atoms with Gasteiger partial charge in [-0.3, -0.25) is 9.59 Å². The maximum absolute atomic E-state index is 12.6. The van der Waals surface area contributed by atoms with E-state index in [0.29, 0.717) is 31.0 Å². The van der Waals surface area contributed by atoms with E-state index in [1.54, 1.807) is 21.9 Å². The van der Waals surface area contributed by atoms with E-state index in [2.05, 4.69) is 0 Å². The fourth-order valence-electron chi connectivity index (χ4n) is 3.52. The molecule has 1 fully saturated rings. The van der Waals surface area contributed by atoms with Crippen LogP contribution in [-0.4, -0.2) is 43.2 Å². The van der Waals surface area contributed by atoms with Crippen LogP contribution >= 0.6 is 0 Å². The Labute approximate surface area is 169 Å². The second-order valence-electron chi connectivity index (χ2n) is 7.03. The summed E-state index contributed by atoms with van der Waals surface area (Å²) in [6.07, 6.45) is 1.49. The van der Waals surface area contributed by atoms with Crippen LogP contribution in [0.2, 0.25) is 0 Å². The van der Waals surface area contributed by atoms with E-state index in [-0.39, 0.29) is 25.2 Å². The topological polar surface area (TPSA) is 68.3 Å². The van der Waals surface area contributed by atoms with E-state index >= 15 is 0 Å². The third-order valence-corrected chi connectivity index (χ3v) is 5.13. The number of benzene rings is 2. The van der Waals surface area contributed by atoms with Gasteiger partial charge in [0.1, 0.15) is 5.75 Å². The lowest BCUT2D eigenvalue weighted by Gasteiger charge is -2.21. The number of amides is 2. The van der Waals surface area contributed by atoms with E-state index in [1.807, 2.05) is 37.3 Å². The maximum atomic E-state index is 12.6. The molecule has 0 spiro atoms. The zero-order valence-electron chi connectivity index (χ0n) is 16.4. The lowest BCUT2D eigenvalue weighted by atomic mass is 10.2. The fraction of sp³-hybridized carbons (Fsp3) is 0.364. The number of ether oxygens (including phenoxy) is 3. The number of hydrogen-bond acceptors (Lipinski definition) is 5. The Morgan fingerprint density at radius 3 is 2.66 bits per heavy atom. The zero-order valence-corrected chi connectivity index (χ0v) is 16.4. The Balaban J connectivity index is 1.32. The smallest absolute Gasteiger partial charge is 0.260 e. The van der Waals surface area contributed by atoms with Crippen LogP contribution in [0.15, 0.2) is 42.5 Å². The van der Waals surface area contributed by atoms with Gasteiger partial charge in [0.25, 0.3) is 5.91 Å². The first-order chi connectivity index (χ1) is 14.1. The molecule has 4 rings (SSSR count). The van der Waals surface area contributed by atoms with Crippen LogP contribution in [0.5, 0.6) is 17.2 Å². The van der Waals surface area contributed by atoms with Gasteiger partial charge in [0, 0.05) is 31.7 Å². The largest absolute Gasteiger partial charge is 0.484 e. The van der Waals surface area contributed by atoms with Crippen LogP contribution in [0.3, 0.4) is 0 Å². The average molecular weight is 396 g/mol. The maximum Gasteiger partial charge on any atom is 0.260 e. The number of carbonyl (C=O) groups excluding carboxylic acids is 2. The Kier molecular flexibility index (Phi) is 5.55. The van der Waals surface area contributed by atoms with Crippen molar-refractivity contribution in [2.45, 2.75) is 26.3 Å². The molecule has 2 aromatic carbocycles. The first-order valence-corrected chi connectivity index (χ1v) is 9.83. The summed E-state index contributed by atoms with van der Waals surface area (Å²) in [7, 11) is 0. The number of nitrogens with zero attached hydrogens (tertiary/aromatic N) is 2. The molecule has 152 valence electrons. The molecule has 0 aliphatic carbocycles. The highest BCUT2D eigenvalue weighted by Crippen LogP contribution is 2.32. The van der Waals surface area contributed by atoms with Crippen molar-refractivity contribution in [2.24, 2.45) is 0 Å². The van der Waals surface area contributed by atoms with Crippen molar-refractivity contribution in [2.75, 3.05) is 31.4 Å². The molecular weight excluding hydrogens is 372 g/mol. The summed E-state index contributed by atoms with van der Waals surface area (Å²) in [6, 6.07) is 13.0. The van der Waals surface area contributed by atoms with E-state index in [9.17, 15) is 9.59 Å². The Morgan fingerprint density at radius 2 is 1.93 bits per heavy atom. The molecule has 2 aromatic rings. The number of hydrogen-bond donors (Lipinski definition) is 0. The third-order valence-electron chi connectivity index (χ3n) is 5.13. The molecule has 7 nitrogen and oxygen atoms in total. The first kappa shape index (κ1) is 19.1. The molecular formula is C22H24N2O5. The van der Waals surface area contributed by atoms with Gasteiger partial charge in [0.05, 0.1) is 0 Å². The highest BCUT2D eigenvalue weighted by atomic mass is 16.7. The molecule has 0 N–H and O–H groups in total. The van der Waals surface area contributed by atoms with Gasteiger partial charge in [-0.1, -0.05) is 6.07 Å². The predicted molar refractivity (Wildman–Crippen MR) is 107 cm³/mol. The second kappa shape index (κ2) is 8.43. The molecule has 0 unspecified atom stereocenters. The summed E-state index contributed by atoms with van der Waals surface area (Å²) >= 11 is 0. The van der Waals surface area contributed by atoms with Crippen LogP contribution in [0.4, 0.5) is 5.69 Å². The van der Waals surface area contributed by atoms with Crippen molar-refractivity contribution < 1.29 is 23.8 Å². The average Bonchev–Trinajstić information content (AvgIpc) is 3.39. The zero-order chi connectivity index (χ0) is 20.2. The van der Waals surface area contributed by atoms with Crippen LogP contribution < -0.4 is 19.1 Å². The normalized spacial score (nSPS) is 14.9. The highest BCUT2D eigenvalue weighted by Gasteiger charge is 2.21. The number of likely N-dealkylation sites (N-methyl/N-ethyl adjacent to an activating group) is 1. The molecule has 2 amide bonds. The summed E-state index contributed by atoms with van der Waals surface area (Å²) in [6.45, 7) is 3.93. The molecule has 2 aliphatic heterocycles. The van der Waals surface area contributed by atoms with Crippen molar-refractivity contribution in [1.82, 2.24) is 4.90 Å². The molecule has 1 saturated heterocycles. The van der Waals surface area contributed by atoms with Gasteiger partial charge in [-0.15, -0.1) is 0 Å². The molecule has 0 radical (unpaired) electrons. The number of carbonyl (C=O) groups is 2. The Hall–Kier alpha value is -3.22. The van der Waals surface area contributed by atoms with Crippen molar-refractivity contribution in [3.05, 3.63) is 48.0 Å². The lowest BCUT2D eigenvalue weighted by Crippen LogP contribution is -2.34. The van der Waals surface area contributed by atoms with Crippen molar-refractivity contribution in [3.8, 4) is 17.2 Å². The third kappa shape index (κ3) is 4.29. The van der Waals surface area contributed by atoms with Crippen LogP contribution in [0.25, 0.3) is 0 Å². The van der Waals surface area contributed by atoms with Gasteiger partial charge in [-0.25, -0.2) is 0 Å². The van der Waals surface area contributed by atoms with Crippen LogP contribution in [-0.2, 0) is 16.1 Å². The minimum atomic E-state index is -0.0936. The van der Waals surface area contributed by atoms with Crippen molar-refractivity contribution in [3.63, 3.8) is 0 Å². The Bertz CT molecular complexity index is 897. The van der Waals surface area contributed by atoms with E-state index in [0.717, 1.165) is 30.0 Å². The summed E-state index contributed by atoms with van der Waals surface area (Å²) in [5, 5.41) is 0. The Morgan fingerprint density at radius 1 is 1.14 bits per heavy atom. The molecule has 7 heteroatoms. The highest BCUT2D eigenvalue weighted by molar-refractivity contribution is 5.95. The summed E-state index contributed by atoms with van der Waals surface area (Å²) in [4.78, 5) is 27.9. The lowest BCUT2D eigenvalue weighted by molar-refractivity contribution is -0.133. The monoisotopic (exact) mass is 396 g/mol. The van der Waals surface area contributed by atoms with Crippen LogP contribution in [0.1, 0.15) is 25.3 Å². The standard InChI is InChI=1S/C22H24N2O5/c1-2-23(13-16-5-10-19-20(12-16)29-15-28-19)22(26)14-27-18-8-6-17(7-9-18)24-11-3-4-21(24)25/h5-10,12H,2-4,11,13-15H2,1H3. The number of rotatable bonds is 7. The minimum Gasteiger partial charge on any atom is -0.484 e. The van der Waals surface area contributed by atoms with Crippen LogP contribution in [0, 0.1) is 0 Å². The number of fused-ring (bicyclic) bond motifs is 1. The molecule has 0 aromatic heterocycles. The SMILES string of the molecule is CCN(Cc1ccc2c(c1)OCO2)C(=O)COc1ccc(N2CCCC2=O)cc1. The van der Waals surface area contributed by atoms with Gasteiger partial charge in [0.15, 0.2) is 18.1 Å². The molecule has 0 bridgehead atoms. The summed E-state index contributed by atoms with van der Waals surface area (Å²) < 4.78 is 16.4. The van der Waals surface area contributed by atoms with Gasteiger partial charge in [-0.05, 0) is 55.3 Å². The molecule has 2 heterocycles. The minimum absolute atomic E-state index is 0.0413. The van der Waals surface area contributed by atoms with Gasteiger partial charge < -0.3 is 24.0 Å². The van der Waals surface area contributed by atoms with Gasteiger partial charge >= 0.3 is 0 Å². The van der Waals surface area contributed by atoms with E-state index in [1.165, 1.54) is 0 Å². The van der Waals surface area contributed by atoms with Gasteiger partial charge in [-0.2, -0.15) is 0 Å². The molecule has 2 aliphatic rings. The molecule has 29 heavy (non-hydrogen) atoms. The van der Waals surface area contributed by atoms with Crippen molar-refractivity contribution >= 4 is 17.5 Å². The summed E-state index contributed by atoms with van der Waals surface area (Å²) in [5.41, 5.74) is 1.84. The summed E-state index contributed by atoms with van der Waals surface area (Å²) in [5.74, 6) is 2.09. The molecule has 0 atom stereocenters. The van der Waals surface area contributed by atoms with E-state index in [4.69, 9.17) is 14.2 Å². The second-order valence-corrected chi connectivity index (χ2v) is 7.03. The quantitative estimate of drug-likeness (QED) is 0.720. The predicted octanol–water partition coefficient (Wildman–Crippen LogP) is 2.97. The van der Waals surface area contributed by atoms with Crippen molar-refractivity contribution in [1.29, 1.82) is 0 Å². The fourth-order valence-corrected chi connectivity index (χ4v) is 3.52. The van der Waals surface area contributed by atoms with E-state index < -0.39 is 0 Å². The molecule has 0 saturated carbocycles. The van der Waals surface area contributed by atoms with Gasteiger partial charge in [0.2, 0.25) is 12.7 Å². The number of anilines is 1.